The number of nitrogens with one attached hydrogen (secondary N) is 1. The molecule has 2 nitrogen and oxygen atoms in total. The van der Waals surface area contributed by atoms with Crippen LogP contribution < -0.4 is 10.1 Å². The summed E-state index contributed by atoms with van der Waals surface area (Å²) in [6.07, 6.45) is 6.63. The van der Waals surface area contributed by atoms with Gasteiger partial charge >= 0.3 is 0 Å². The lowest BCUT2D eigenvalue weighted by Crippen LogP contribution is -2.23. The number of anilines is 1. The predicted molar refractivity (Wildman–Crippen MR) is 126 cm³/mol. The van der Waals surface area contributed by atoms with E-state index in [0.717, 1.165) is 24.3 Å². The first-order valence-corrected chi connectivity index (χ1v) is 13.6. The van der Waals surface area contributed by atoms with E-state index >= 15 is 0 Å². The Morgan fingerprint density at radius 1 is 0.964 bits per heavy atom. The van der Waals surface area contributed by atoms with Crippen LogP contribution in [-0.4, -0.2) is 15.2 Å². The lowest BCUT2D eigenvalue weighted by molar-refractivity contribution is 0.415. The fourth-order valence-electron chi connectivity index (χ4n) is 3.14. The summed E-state index contributed by atoms with van der Waals surface area (Å²) >= 11 is 0. The zero-order chi connectivity index (χ0) is 20.6. The van der Waals surface area contributed by atoms with E-state index < -0.39 is 8.07 Å². The lowest BCUT2D eigenvalue weighted by atomic mass is 10.0. The van der Waals surface area contributed by atoms with Crippen molar-refractivity contribution in [3.05, 3.63) is 83.1 Å². The third-order valence-electron chi connectivity index (χ3n) is 5.36. The highest BCUT2D eigenvalue weighted by molar-refractivity contribution is 6.83. The number of hydrogen-bond acceptors (Lipinski definition) is 2. The van der Waals surface area contributed by atoms with Gasteiger partial charge in [-0.2, -0.15) is 0 Å². The Morgan fingerprint density at radius 3 is 2.18 bits per heavy atom. The summed E-state index contributed by atoms with van der Waals surface area (Å²) in [6.45, 7) is 11.8. The first-order valence-electron chi connectivity index (χ1n) is 10.1. The Balaban J connectivity index is 2.08. The van der Waals surface area contributed by atoms with Crippen LogP contribution >= 0.6 is 0 Å². The van der Waals surface area contributed by atoms with E-state index in [-0.39, 0.29) is 6.04 Å². The zero-order valence-electron chi connectivity index (χ0n) is 18.3. The van der Waals surface area contributed by atoms with Crippen molar-refractivity contribution >= 4 is 13.8 Å². The molecule has 1 N–H and O–H groups in total. The Labute approximate surface area is 172 Å². The molecule has 0 bridgehead atoms. The molecule has 150 valence electrons. The van der Waals surface area contributed by atoms with Gasteiger partial charge in [-0.3, -0.25) is 0 Å². The maximum atomic E-state index is 5.26. The van der Waals surface area contributed by atoms with Gasteiger partial charge < -0.3 is 10.1 Å². The van der Waals surface area contributed by atoms with Crippen LogP contribution in [-0.2, 0) is 0 Å². The number of methoxy groups -OCH3 is 1. The van der Waals surface area contributed by atoms with Gasteiger partial charge in [-0.25, -0.2) is 0 Å². The van der Waals surface area contributed by atoms with Crippen molar-refractivity contribution < 1.29 is 4.74 Å². The van der Waals surface area contributed by atoms with Gasteiger partial charge in [0.25, 0.3) is 0 Å². The van der Waals surface area contributed by atoms with Crippen LogP contribution in [0, 0.1) is 0 Å². The summed E-state index contributed by atoms with van der Waals surface area (Å²) in [5, 5.41) is 5.29. The Hall–Kier alpha value is -2.26. The predicted octanol–water partition coefficient (Wildman–Crippen LogP) is 7.40. The van der Waals surface area contributed by atoms with E-state index in [0.29, 0.717) is 0 Å². The summed E-state index contributed by atoms with van der Waals surface area (Å²) in [5.41, 5.74) is 3.93. The number of ether oxygens (including phenoxy) is 1. The molecule has 1 unspecified atom stereocenters. The van der Waals surface area contributed by atoms with Crippen molar-refractivity contribution in [1.29, 1.82) is 0 Å². The van der Waals surface area contributed by atoms with E-state index in [2.05, 4.69) is 93.4 Å². The van der Waals surface area contributed by atoms with E-state index in [1.165, 1.54) is 11.1 Å². The molecule has 3 heteroatoms. The lowest BCUT2D eigenvalue weighted by Gasteiger charge is -2.20. The average Bonchev–Trinajstić information content (AvgIpc) is 2.70. The second-order valence-corrected chi connectivity index (χ2v) is 13.7. The molecule has 0 amide bonds. The number of benzene rings is 2. The molecule has 0 aliphatic heterocycles. The average molecular weight is 394 g/mol. The van der Waals surface area contributed by atoms with Crippen molar-refractivity contribution in [2.75, 3.05) is 12.4 Å². The van der Waals surface area contributed by atoms with Crippen molar-refractivity contribution in [3.8, 4) is 5.75 Å². The van der Waals surface area contributed by atoms with Crippen molar-refractivity contribution in [1.82, 2.24) is 0 Å². The first kappa shape index (κ1) is 22.0. The van der Waals surface area contributed by atoms with E-state index in [9.17, 15) is 0 Å². The third-order valence-corrected chi connectivity index (χ3v) is 8.04. The van der Waals surface area contributed by atoms with Crippen molar-refractivity contribution in [3.63, 3.8) is 0 Å². The molecular weight excluding hydrogens is 358 g/mol. The minimum atomic E-state index is -1.19. The molecular formula is C25H35NOSi. The van der Waals surface area contributed by atoms with Crippen LogP contribution in [0.5, 0.6) is 5.75 Å². The summed E-state index contributed by atoms with van der Waals surface area (Å²) in [7, 11) is 0.501. The van der Waals surface area contributed by atoms with Gasteiger partial charge in [0, 0.05) is 5.69 Å². The van der Waals surface area contributed by atoms with Crippen molar-refractivity contribution in [2.45, 2.75) is 52.4 Å². The molecule has 0 radical (unpaired) electrons. The fourth-order valence-corrected chi connectivity index (χ4v) is 4.52. The Bertz CT molecular complexity index is 786. The highest BCUT2D eigenvalue weighted by Crippen LogP contribution is 2.25. The molecule has 0 fully saturated rings. The Kier molecular flexibility index (Phi) is 8.13. The molecule has 2 aromatic rings. The molecule has 1 atom stereocenters. The molecule has 0 spiro atoms. The summed E-state index contributed by atoms with van der Waals surface area (Å²) in [6, 6.07) is 19.0. The molecule has 0 aliphatic carbocycles. The quantitative estimate of drug-likeness (QED) is 0.354. The smallest absolute Gasteiger partial charge is 0.119 e. The monoisotopic (exact) mass is 393 g/mol. The van der Waals surface area contributed by atoms with E-state index in [1.807, 2.05) is 12.1 Å². The highest BCUT2D eigenvalue weighted by Gasteiger charge is 2.17. The summed E-state index contributed by atoms with van der Waals surface area (Å²) in [5.74, 6) is 0.877. The van der Waals surface area contributed by atoms with E-state index in [1.54, 1.807) is 12.3 Å². The summed E-state index contributed by atoms with van der Waals surface area (Å²) in [4.78, 5) is 0. The first-order chi connectivity index (χ1) is 13.3. The number of rotatable bonds is 9. The number of hydrogen-bond donors (Lipinski definition) is 1. The second-order valence-electron chi connectivity index (χ2n) is 8.40. The maximum Gasteiger partial charge on any atom is 0.119 e. The maximum absolute atomic E-state index is 5.26. The van der Waals surface area contributed by atoms with Crippen LogP contribution in [0.4, 0.5) is 5.69 Å². The normalized spacial score (nSPS) is 13.9. The van der Waals surface area contributed by atoms with Crippen LogP contribution in [0.1, 0.15) is 38.3 Å². The molecule has 2 rings (SSSR count). The van der Waals surface area contributed by atoms with Crippen molar-refractivity contribution in [2.24, 2.45) is 0 Å². The van der Waals surface area contributed by atoms with Crippen LogP contribution in [0.15, 0.2) is 77.5 Å². The third kappa shape index (κ3) is 6.72. The Morgan fingerprint density at radius 2 is 1.61 bits per heavy atom. The standard InChI is InChI=1S/C25H35NOSi/c1-20(21(2)28(4,5)6)12-10-11-15-25(22-13-8-7-9-14-22)26-23-16-18-24(27-3)19-17-23/h7-11,13-14,16-19,25-26H,12,15H2,1-6H3/b11-10+,21-20+. The largest absolute Gasteiger partial charge is 0.497 e. The fraction of sp³-hybridized carbons (Fsp3) is 0.360. The highest BCUT2D eigenvalue weighted by atomic mass is 28.3. The molecule has 0 heterocycles. The van der Waals surface area contributed by atoms with Gasteiger partial charge in [-0.15, -0.1) is 0 Å². The minimum Gasteiger partial charge on any atom is -0.497 e. The van der Waals surface area contributed by atoms with Gasteiger partial charge in [0.1, 0.15) is 5.75 Å². The van der Waals surface area contributed by atoms with Gasteiger partial charge in [0.05, 0.1) is 21.2 Å². The van der Waals surface area contributed by atoms with Crippen LogP contribution in [0.3, 0.4) is 0 Å². The summed E-state index contributed by atoms with van der Waals surface area (Å²) < 4.78 is 5.26. The zero-order valence-corrected chi connectivity index (χ0v) is 19.3. The minimum absolute atomic E-state index is 0.244. The molecule has 0 aromatic heterocycles. The molecule has 0 saturated carbocycles. The SMILES string of the molecule is COc1ccc(NC(C/C=C/C/C(C)=C(\C)[Si](C)(C)C)c2ccccc2)cc1. The van der Waals surface area contributed by atoms with Gasteiger partial charge in [0.2, 0.25) is 0 Å². The van der Waals surface area contributed by atoms with E-state index in [4.69, 9.17) is 4.74 Å². The molecule has 0 aliphatic rings. The van der Waals surface area contributed by atoms with Gasteiger partial charge in [-0.05, 0) is 56.5 Å². The van der Waals surface area contributed by atoms with Crippen LogP contribution in [0.2, 0.25) is 19.6 Å². The van der Waals surface area contributed by atoms with Gasteiger partial charge in [-0.1, -0.05) is 72.9 Å². The molecule has 2 aromatic carbocycles. The topological polar surface area (TPSA) is 21.3 Å². The second kappa shape index (κ2) is 10.3. The molecule has 0 saturated heterocycles. The van der Waals surface area contributed by atoms with Gasteiger partial charge in [0.15, 0.2) is 0 Å². The number of allylic oxidation sites excluding steroid dienone is 3. The molecule has 28 heavy (non-hydrogen) atoms. The van der Waals surface area contributed by atoms with Crippen LogP contribution in [0.25, 0.3) is 0 Å².